The molecule has 0 saturated carbocycles. The highest BCUT2D eigenvalue weighted by molar-refractivity contribution is 6.31. The van der Waals surface area contributed by atoms with E-state index in [1.165, 1.54) is 6.26 Å². The van der Waals surface area contributed by atoms with Crippen molar-refractivity contribution in [1.82, 2.24) is 15.5 Å². The Bertz CT molecular complexity index is 463. The summed E-state index contributed by atoms with van der Waals surface area (Å²) in [6, 6.07) is -0.0799. The molecule has 2 amide bonds. The molecule has 0 radical (unpaired) electrons. The van der Waals surface area contributed by atoms with E-state index < -0.39 is 6.10 Å². The lowest BCUT2D eigenvalue weighted by molar-refractivity contribution is 0.0532. The molecule has 0 spiro atoms. The summed E-state index contributed by atoms with van der Waals surface area (Å²) >= 11 is 5.86. The quantitative estimate of drug-likeness (QED) is 0.304. The highest BCUT2D eigenvalue weighted by Gasteiger charge is 2.15. The molecule has 0 aromatic carbocycles. The third-order valence-corrected chi connectivity index (χ3v) is 3.55. The fraction of sp³-hybridized carbons (Fsp3) is 0.588. The number of ether oxygens (including phenoxy) is 2. The molecule has 0 aromatic rings. The van der Waals surface area contributed by atoms with Crippen LogP contribution in [0.25, 0.3) is 0 Å². The van der Waals surface area contributed by atoms with Crippen molar-refractivity contribution in [2.24, 2.45) is 0 Å². The predicted molar refractivity (Wildman–Crippen MR) is 98.5 cm³/mol. The van der Waals surface area contributed by atoms with Crippen molar-refractivity contribution in [2.45, 2.75) is 13.0 Å². The van der Waals surface area contributed by atoms with Crippen LogP contribution in [0.4, 0.5) is 4.79 Å². The number of aliphatic hydroxyl groups excluding tert-OH is 1. The summed E-state index contributed by atoms with van der Waals surface area (Å²) < 4.78 is 10.4. The minimum absolute atomic E-state index is 0.0799. The molecule has 1 saturated heterocycles. The van der Waals surface area contributed by atoms with Crippen molar-refractivity contribution in [1.29, 1.82) is 0 Å². The average Bonchev–Trinajstić information content (AvgIpc) is 2.62. The number of halogens is 1. The minimum Gasteiger partial charge on any atom is -0.498 e. The first-order valence-corrected chi connectivity index (χ1v) is 8.77. The first kappa shape index (κ1) is 21.5. The maximum Gasteiger partial charge on any atom is 0.317 e. The SMILES string of the molecule is C\C=C/C(Cl)=C\C=C\OC[C@@H](O)CNCCNC(=O)N1CCOCC1. The van der Waals surface area contributed by atoms with Crippen LogP contribution < -0.4 is 10.6 Å². The second-order valence-corrected chi connectivity index (χ2v) is 5.84. The average molecular weight is 374 g/mol. The second kappa shape index (κ2) is 13.7. The minimum atomic E-state index is -0.630. The molecule has 7 nitrogen and oxygen atoms in total. The molecule has 142 valence electrons. The number of nitrogens with one attached hydrogen (secondary N) is 2. The van der Waals surface area contributed by atoms with E-state index in [1.54, 1.807) is 23.1 Å². The molecular formula is C17H28ClN3O4. The van der Waals surface area contributed by atoms with E-state index in [1.807, 2.05) is 13.0 Å². The predicted octanol–water partition coefficient (Wildman–Crippen LogP) is 1.21. The molecule has 0 bridgehead atoms. The van der Waals surface area contributed by atoms with E-state index in [0.717, 1.165) is 0 Å². The van der Waals surface area contributed by atoms with Gasteiger partial charge in [-0.3, -0.25) is 0 Å². The number of carbonyl (C=O) groups is 1. The van der Waals surface area contributed by atoms with Crippen LogP contribution in [0.3, 0.4) is 0 Å². The van der Waals surface area contributed by atoms with Crippen LogP contribution in [0.2, 0.25) is 0 Å². The van der Waals surface area contributed by atoms with Crippen molar-refractivity contribution >= 4 is 17.6 Å². The summed E-state index contributed by atoms with van der Waals surface area (Å²) in [6.07, 6.45) is 7.83. The van der Waals surface area contributed by atoms with Gasteiger partial charge in [-0.25, -0.2) is 4.79 Å². The number of aliphatic hydroxyl groups is 1. The Balaban J connectivity index is 2.01. The van der Waals surface area contributed by atoms with Crippen molar-refractivity contribution < 1.29 is 19.4 Å². The molecule has 1 fully saturated rings. The van der Waals surface area contributed by atoms with Gasteiger partial charge < -0.3 is 30.1 Å². The number of amides is 2. The number of rotatable bonds is 10. The molecule has 8 heteroatoms. The first-order valence-electron chi connectivity index (χ1n) is 8.39. The third kappa shape index (κ3) is 10.8. The van der Waals surface area contributed by atoms with E-state index in [2.05, 4.69) is 10.6 Å². The van der Waals surface area contributed by atoms with Gasteiger partial charge in [0.25, 0.3) is 0 Å². The van der Waals surface area contributed by atoms with Gasteiger partial charge in [0.05, 0.1) is 19.5 Å². The van der Waals surface area contributed by atoms with Gasteiger partial charge in [-0.1, -0.05) is 17.7 Å². The lowest BCUT2D eigenvalue weighted by Gasteiger charge is -2.26. The van der Waals surface area contributed by atoms with Gasteiger partial charge >= 0.3 is 6.03 Å². The molecule has 0 unspecified atom stereocenters. The van der Waals surface area contributed by atoms with E-state index in [4.69, 9.17) is 21.1 Å². The van der Waals surface area contributed by atoms with Gasteiger partial charge in [0.1, 0.15) is 12.7 Å². The van der Waals surface area contributed by atoms with Crippen molar-refractivity contribution in [3.63, 3.8) is 0 Å². The Kier molecular flexibility index (Phi) is 11.8. The molecule has 0 aromatic heterocycles. The summed E-state index contributed by atoms with van der Waals surface area (Å²) in [6.45, 7) is 5.94. The van der Waals surface area contributed by atoms with Crippen LogP contribution in [0, 0.1) is 0 Å². The van der Waals surface area contributed by atoms with Crippen LogP contribution in [0.5, 0.6) is 0 Å². The number of hydrogen-bond acceptors (Lipinski definition) is 5. The highest BCUT2D eigenvalue weighted by Crippen LogP contribution is 2.02. The molecule has 25 heavy (non-hydrogen) atoms. The third-order valence-electron chi connectivity index (χ3n) is 3.30. The number of nitrogens with zero attached hydrogens (tertiary/aromatic N) is 1. The van der Waals surface area contributed by atoms with Gasteiger partial charge in [0, 0.05) is 37.8 Å². The summed E-state index contributed by atoms with van der Waals surface area (Å²) in [5.74, 6) is 0. The maximum absolute atomic E-state index is 11.8. The van der Waals surface area contributed by atoms with Gasteiger partial charge in [-0.05, 0) is 25.2 Å². The van der Waals surface area contributed by atoms with Crippen LogP contribution in [0.15, 0.2) is 35.6 Å². The molecule has 1 aliphatic heterocycles. The summed E-state index contributed by atoms with van der Waals surface area (Å²) in [5.41, 5.74) is 0. The Labute approximate surface area is 154 Å². The lowest BCUT2D eigenvalue weighted by Crippen LogP contribution is -2.47. The van der Waals surface area contributed by atoms with Crippen molar-refractivity contribution in [3.8, 4) is 0 Å². The Morgan fingerprint density at radius 2 is 2.16 bits per heavy atom. The topological polar surface area (TPSA) is 83.1 Å². The maximum atomic E-state index is 11.8. The second-order valence-electron chi connectivity index (χ2n) is 5.40. The van der Waals surface area contributed by atoms with Crippen LogP contribution >= 0.6 is 11.6 Å². The lowest BCUT2D eigenvalue weighted by atomic mass is 10.4. The Hall–Kier alpha value is -1.54. The number of hydrogen-bond donors (Lipinski definition) is 3. The van der Waals surface area contributed by atoms with Crippen LogP contribution in [0.1, 0.15) is 6.92 Å². The molecule has 1 heterocycles. The zero-order chi connectivity index (χ0) is 18.3. The summed E-state index contributed by atoms with van der Waals surface area (Å²) in [4.78, 5) is 13.6. The largest absolute Gasteiger partial charge is 0.498 e. The summed E-state index contributed by atoms with van der Waals surface area (Å²) in [7, 11) is 0. The van der Waals surface area contributed by atoms with Gasteiger partial charge in [-0.15, -0.1) is 0 Å². The van der Waals surface area contributed by atoms with Crippen molar-refractivity contribution in [2.75, 3.05) is 52.5 Å². The van der Waals surface area contributed by atoms with Gasteiger partial charge in [-0.2, -0.15) is 0 Å². The summed E-state index contributed by atoms with van der Waals surface area (Å²) in [5, 5.41) is 16.3. The monoisotopic (exact) mass is 373 g/mol. The Morgan fingerprint density at radius 3 is 2.88 bits per heavy atom. The number of carbonyl (C=O) groups excluding carboxylic acids is 1. The molecule has 0 aliphatic carbocycles. The number of urea groups is 1. The molecule has 1 rings (SSSR count). The molecular weight excluding hydrogens is 346 g/mol. The highest BCUT2D eigenvalue weighted by atomic mass is 35.5. The van der Waals surface area contributed by atoms with Crippen molar-refractivity contribution in [3.05, 3.63) is 35.6 Å². The normalized spacial score (nSPS) is 17.2. The smallest absolute Gasteiger partial charge is 0.317 e. The van der Waals surface area contributed by atoms with Gasteiger partial charge in [0.2, 0.25) is 0 Å². The number of morpholine rings is 1. The van der Waals surface area contributed by atoms with Crippen LogP contribution in [-0.4, -0.2) is 74.7 Å². The zero-order valence-electron chi connectivity index (χ0n) is 14.6. The van der Waals surface area contributed by atoms with Crippen LogP contribution in [-0.2, 0) is 9.47 Å². The first-order chi connectivity index (χ1) is 12.1. The van der Waals surface area contributed by atoms with E-state index in [9.17, 15) is 9.90 Å². The van der Waals surface area contributed by atoms with E-state index in [-0.39, 0.29) is 12.6 Å². The van der Waals surface area contributed by atoms with E-state index >= 15 is 0 Å². The molecule has 3 N–H and O–H groups in total. The molecule has 1 aliphatic rings. The number of allylic oxidation sites excluding steroid dienone is 5. The fourth-order valence-corrected chi connectivity index (χ4v) is 2.23. The fourth-order valence-electron chi connectivity index (χ4n) is 2.03. The van der Waals surface area contributed by atoms with E-state index in [0.29, 0.717) is 51.0 Å². The standard InChI is InChI=1S/C17H28ClN3O4/c1-2-4-15(18)5-3-10-25-14-16(22)13-19-6-7-20-17(23)21-8-11-24-12-9-21/h2-5,10,16,19,22H,6-9,11-14H2,1H3,(H,20,23)/b4-2-,10-3+,15-5+/t16-/m0/s1. The zero-order valence-corrected chi connectivity index (χ0v) is 15.4. The Morgan fingerprint density at radius 1 is 1.40 bits per heavy atom. The molecule has 1 atom stereocenters. The van der Waals surface area contributed by atoms with Gasteiger partial charge in [0.15, 0.2) is 0 Å².